The minimum Gasteiger partial charge on any atom is -0.371 e. The Morgan fingerprint density at radius 2 is 2.48 bits per heavy atom. The second kappa shape index (κ2) is 6.28. The molecule has 2 aromatic heterocycles. The number of aromatic nitrogens is 2. The predicted molar refractivity (Wildman–Crippen MR) is 81.4 cm³/mol. The van der Waals surface area contributed by atoms with Crippen LogP contribution in [0.4, 0.5) is 10.5 Å². The number of nitrogens with one attached hydrogen (secondary N) is 2. The van der Waals surface area contributed by atoms with Gasteiger partial charge in [-0.3, -0.25) is 4.68 Å². The highest BCUT2D eigenvalue weighted by Gasteiger charge is 2.29. The number of carbonyl (C=O) groups excluding carboxylic acids is 1. The molecule has 2 aromatic rings. The van der Waals surface area contributed by atoms with Crippen molar-refractivity contribution in [3.63, 3.8) is 0 Å². The molecule has 7 heteroatoms. The molecule has 0 unspecified atom stereocenters. The van der Waals surface area contributed by atoms with E-state index < -0.39 is 0 Å². The van der Waals surface area contributed by atoms with Crippen LogP contribution in [-0.2, 0) is 11.8 Å². The highest BCUT2D eigenvalue weighted by atomic mass is 32.1. The van der Waals surface area contributed by atoms with E-state index in [0.29, 0.717) is 6.61 Å². The number of carbonyl (C=O) groups is 1. The van der Waals surface area contributed by atoms with E-state index in [1.807, 2.05) is 30.1 Å². The van der Waals surface area contributed by atoms with E-state index in [4.69, 9.17) is 4.74 Å². The van der Waals surface area contributed by atoms with Crippen molar-refractivity contribution in [2.24, 2.45) is 7.05 Å². The molecule has 0 aromatic carbocycles. The van der Waals surface area contributed by atoms with Crippen molar-refractivity contribution in [3.05, 3.63) is 34.8 Å². The van der Waals surface area contributed by atoms with E-state index in [-0.39, 0.29) is 18.2 Å². The summed E-state index contributed by atoms with van der Waals surface area (Å²) in [7, 11) is 1.87. The lowest BCUT2D eigenvalue weighted by atomic mass is 9.98. The summed E-state index contributed by atoms with van der Waals surface area (Å²) in [6, 6.07) is 1.64. The van der Waals surface area contributed by atoms with Gasteiger partial charge in [-0.05, 0) is 24.3 Å². The normalized spacial score (nSPS) is 22.0. The lowest BCUT2D eigenvalue weighted by molar-refractivity contribution is -0.00700. The summed E-state index contributed by atoms with van der Waals surface area (Å²) < 4.78 is 7.58. The number of thiophene rings is 1. The van der Waals surface area contributed by atoms with Crippen LogP contribution in [0.1, 0.15) is 24.5 Å². The maximum absolute atomic E-state index is 12.1. The van der Waals surface area contributed by atoms with Gasteiger partial charge in [0, 0.05) is 30.8 Å². The zero-order valence-electron chi connectivity index (χ0n) is 11.8. The maximum atomic E-state index is 12.1. The Balaban J connectivity index is 1.65. The minimum absolute atomic E-state index is 0.0402. The molecule has 0 saturated carbocycles. The summed E-state index contributed by atoms with van der Waals surface area (Å²) in [4.78, 5) is 12.1. The fourth-order valence-corrected chi connectivity index (χ4v) is 3.10. The minimum atomic E-state index is -0.196. The Kier molecular flexibility index (Phi) is 4.21. The lowest BCUT2D eigenvalue weighted by Crippen LogP contribution is -2.44. The molecule has 0 bridgehead atoms. The van der Waals surface area contributed by atoms with Crippen molar-refractivity contribution < 1.29 is 9.53 Å². The third-order valence-corrected chi connectivity index (χ3v) is 4.15. The molecular formula is C14H18N4O2S. The number of anilines is 1. The average Bonchev–Trinajstić information content (AvgIpc) is 3.11. The largest absolute Gasteiger partial charge is 0.371 e. The zero-order chi connectivity index (χ0) is 14.7. The quantitative estimate of drug-likeness (QED) is 0.915. The molecule has 6 nitrogen and oxygen atoms in total. The highest BCUT2D eigenvalue weighted by molar-refractivity contribution is 7.08. The summed E-state index contributed by atoms with van der Waals surface area (Å²) in [6.45, 7) is 0.712. The molecular weight excluding hydrogens is 288 g/mol. The van der Waals surface area contributed by atoms with Gasteiger partial charge in [0.15, 0.2) is 0 Å². The first-order chi connectivity index (χ1) is 10.2. The smallest absolute Gasteiger partial charge is 0.319 e. The average molecular weight is 306 g/mol. The summed E-state index contributed by atoms with van der Waals surface area (Å²) in [5.74, 6) is 0. The van der Waals surface area contributed by atoms with Gasteiger partial charge in [-0.25, -0.2) is 4.79 Å². The summed E-state index contributed by atoms with van der Waals surface area (Å²) >= 11 is 1.55. The van der Waals surface area contributed by atoms with Gasteiger partial charge in [0.05, 0.1) is 17.9 Å². The molecule has 0 radical (unpaired) electrons. The van der Waals surface area contributed by atoms with Crippen LogP contribution in [0.15, 0.2) is 29.2 Å². The van der Waals surface area contributed by atoms with Crippen LogP contribution < -0.4 is 10.6 Å². The van der Waals surface area contributed by atoms with Crippen molar-refractivity contribution in [3.8, 4) is 0 Å². The van der Waals surface area contributed by atoms with Crippen LogP contribution in [0.3, 0.4) is 0 Å². The molecule has 112 valence electrons. The van der Waals surface area contributed by atoms with Crippen molar-refractivity contribution in [2.45, 2.75) is 25.0 Å². The monoisotopic (exact) mass is 306 g/mol. The standard InChI is InChI=1S/C14H18N4O2S/c1-18-8-10(7-15-18)13-12(3-2-5-20-13)17-14(19)16-11-4-6-21-9-11/h4,6-9,12-13H,2-3,5H2,1H3,(H2,16,17,19)/t12-,13+/m0/s1. The van der Waals surface area contributed by atoms with Gasteiger partial charge in [-0.15, -0.1) is 0 Å². The number of urea groups is 1. The highest BCUT2D eigenvalue weighted by Crippen LogP contribution is 2.28. The summed E-state index contributed by atoms with van der Waals surface area (Å²) in [5, 5.41) is 13.8. The Labute approximate surface area is 127 Å². The Morgan fingerprint density at radius 1 is 1.57 bits per heavy atom. The van der Waals surface area contributed by atoms with Crippen molar-refractivity contribution in [1.29, 1.82) is 0 Å². The first-order valence-corrected chi connectivity index (χ1v) is 7.86. The fourth-order valence-electron chi connectivity index (χ4n) is 2.52. The first-order valence-electron chi connectivity index (χ1n) is 6.92. The number of rotatable bonds is 3. The fraction of sp³-hybridized carbons (Fsp3) is 0.429. The van der Waals surface area contributed by atoms with Gasteiger partial charge >= 0.3 is 6.03 Å². The lowest BCUT2D eigenvalue weighted by Gasteiger charge is -2.31. The number of aryl methyl sites for hydroxylation is 1. The van der Waals surface area contributed by atoms with Crippen LogP contribution in [0.2, 0.25) is 0 Å². The second-order valence-electron chi connectivity index (χ2n) is 5.10. The van der Waals surface area contributed by atoms with E-state index in [0.717, 1.165) is 24.1 Å². The van der Waals surface area contributed by atoms with E-state index in [2.05, 4.69) is 15.7 Å². The van der Waals surface area contributed by atoms with E-state index in [1.165, 1.54) is 0 Å². The van der Waals surface area contributed by atoms with Gasteiger partial charge in [-0.2, -0.15) is 16.4 Å². The summed E-state index contributed by atoms with van der Waals surface area (Å²) in [5.41, 5.74) is 1.81. The van der Waals surface area contributed by atoms with Gasteiger partial charge in [0.25, 0.3) is 0 Å². The molecule has 21 heavy (non-hydrogen) atoms. The van der Waals surface area contributed by atoms with Gasteiger partial charge < -0.3 is 15.4 Å². The molecule has 0 spiro atoms. The molecule has 2 atom stereocenters. The molecule has 1 fully saturated rings. The SMILES string of the molecule is Cn1cc([C@H]2OCCC[C@@H]2NC(=O)Nc2ccsc2)cn1. The molecule has 2 N–H and O–H groups in total. The van der Waals surface area contributed by atoms with Gasteiger partial charge in [0.2, 0.25) is 0 Å². The van der Waals surface area contributed by atoms with Crippen LogP contribution in [0, 0.1) is 0 Å². The zero-order valence-corrected chi connectivity index (χ0v) is 12.6. The van der Waals surface area contributed by atoms with E-state index in [9.17, 15) is 4.79 Å². The summed E-state index contributed by atoms with van der Waals surface area (Å²) in [6.07, 6.45) is 5.43. The number of amides is 2. The molecule has 2 amide bonds. The molecule has 3 heterocycles. The van der Waals surface area contributed by atoms with Crippen LogP contribution in [0.5, 0.6) is 0 Å². The Bertz CT molecular complexity index is 596. The van der Waals surface area contributed by atoms with Crippen molar-refractivity contribution in [1.82, 2.24) is 15.1 Å². The number of ether oxygens (including phenoxy) is 1. The van der Waals surface area contributed by atoms with Crippen LogP contribution in [0.25, 0.3) is 0 Å². The second-order valence-corrected chi connectivity index (χ2v) is 5.88. The maximum Gasteiger partial charge on any atom is 0.319 e. The Hall–Kier alpha value is -1.86. The number of hydrogen-bond acceptors (Lipinski definition) is 4. The molecule has 1 saturated heterocycles. The molecule has 0 aliphatic carbocycles. The van der Waals surface area contributed by atoms with Crippen molar-refractivity contribution >= 4 is 23.1 Å². The topological polar surface area (TPSA) is 68.2 Å². The van der Waals surface area contributed by atoms with Crippen molar-refractivity contribution in [2.75, 3.05) is 11.9 Å². The number of hydrogen-bond donors (Lipinski definition) is 2. The number of nitrogens with zero attached hydrogens (tertiary/aromatic N) is 2. The third-order valence-electron chi connectivity index (χ3n) is 3.47. The molecule has 1 aliphatic rings. The molecule has 3 rings (SSSR count). The first kappa shape index (κ1) is 14.1. The Morgan fingerprint density at radius 3 is 3.19 bits per heavy atom. The third kappa shape index (κ3) is 3.43. The van der Waals surface area contributed by atoms with Crippen LogP contribution in [-0.4, -0.2) is 28.5 Å². The van der Waals surface area contributed by atoms with E-state index in [1.54, 1.807) is 22.2 Å². The predicted octanol–water partition coefficient (Wildman–Crippen LogP) is 2.52. The van der Waals surface area contributed by atoms with E-state index >= 15 is 0 Å². The van der Waals surface area contributed by atoms with Gasteiger partial charge in [0.1, 0.15) is 6.10 Å². The van der Waals surface area contributed by atoms with Gasteiger partial charge in [-0.1, -0.05) is 0 Å². The van der Waals surface area contributed by atoms with Crippen LogP contribution >= 0.6 is 11.3 Å². The molecule has 1 aliphatic heterocycles.